The Morgan fingerprint density at radius 1 is 1.00 bits per heavy atom. The summed E-state index contributed by atoms with van der Waals surface area (Å²) in [6.07, 6.45) is 2.76. The number of rotatable bonds is 4. The van der Waals surface area contributed by atoms with Crippen molar-refractivity contribution in [2.24, 2.45) is 5.92 Å². The van der Waals surface area contributed by atoms with Crippen LogP contribution in [0.15, 0.2) is 0 Å². The highest BCUT2D eigenvalue weighted by Crippen LogP contribution is 2.06. The Kier molecular flexibility index (Phi) is 9.12. The number of hydrogen-bond donors (Lipinski definition) is 0. The summed E-state index contributed by atoms with van der Waals surface area (Å²) >= 11 is 0. The molecule has 2 nitrogen and oxygen atoms in total. The monoisotopic (exact) mass is 214 g/mol. The first-order valence-corrected chi connectivity index (χ1v) is 6.59. The van der Waals surface area contributed by atoms with Crippen molar-refractivity contribution in [1.82, 2.24) is 9.80 Å². The Hall–Kier alpha value is -0.0800. The van der Waals surface area contributed by atoms with Gasteiger partial charge >= 0.3 is 0 Å². The third kappa shape index (κ3) is 7.80. The standard InChI is InChI=1S/C11H24N2.C2H6/c1-11(2)5-4-6-13-9-7-12(3)8-10-13;1-2/h11H,4-10H2,1-3H3;1-2H3. The minimum atomic E-state index is 0.868. The molecule has 1 aliphatic heterocycles. The SMILES string of the molecule is CC.CC(C)CCCN1CCN(C)CC1. The topological polar surface area (TPSA) is 6.48 Å². The molecule has 2 heteroatoms. The highest BCUT2D eigenvalue weighted by Gasteiger charge is 2.12. The van der Waals surface area contributed by atoms with Crippen LogP contribution in [0.5, 0.6) is 0 Å². The van der Waals surface area contributed by atoms with Crippen molar-refractivity contribution < 1.29 is 0 Å². The molecule has 0 spiro atoms. The quantitative estimate of drug-likeness (QED) is 0.710. The van der Waals surface area contributed by atoms with E-state index in [1.54, 1.807) is 0 Å². The molecular formula is C13H30N2. The molecule has 0 aromatic heterocycles. The number of hydrogen-bond acceptors (Lipinski definition) is 2. The van der Waals surface area contributed by atoms with Gasteiger partial charge in [-0.2, -0.15) is 0 Å². The number of piperazine rings is 1. The lowest BCUT2D eigenvalue weighted by molar-refractivity contribution is 0.151. The molecule has 0 bridgehead atoms. The predicted molar refractivity (Wildman–Crippen MR) is 69.4 cm³/mol. The van der Waals surface area contributed by atoms with E-state index in [-0.39, 0.29) is 0 Å². The van der Waals surface area contributed by atoms with Crippen LogP contribution < -0.4 is 0 Å². The first kappa shape index (κ1) is 14.9. The molecule has 0 unspecified atom stereocenters. The number of likely N-dealkylation sites (N-methyl/N-ethyl adjacent to an activating group) is 1. The van der Waals surface area contributed by atoms with Crippen LogP contribution in [0.1, 0.15) is 40.5 Å². The van der Waals surface area contributed by atoms with Gasteiger partial charge in [0.05, 0.1) is 0 Å². The normalized spacial score (nSPS) is 18.8. The molecule has 0 saturated carbocycles. The van der Waals surface area contributed by atoms with Crippen molar-refractivity contribution in [1.29, 1.82) is 0 Å². The maximum Gasteiger partial charge on any atom is 0.0110 e. The van der Waals surface area contributed by atoms with E-state index in [9.17, 15) is 0 Å². The highest BCUT2D eigenvalue weighted by molar-refractivity contribution is 4.68. The van der Waals surface area contributed by atoms with Crippen molar-refractivity contribution in [3.63, 3.8) is 0 Å². The van der Waals surface area contributed by atoms with Crippen LogP contribution in [-0.2, 0) is 0 Å². The van der Waals surface area contributed by atoms with Crippen molar-refractivity contribution in [2.45, 2.75) is 40.5 Å². The summed E-state index contributed by atoms with van der Waals surface area (Å²) in [5.74, 6) is 0.868. The van der Waals surface area contributed by atoms with Crippen LogP contribution in [0.25, 0.3) is 0 Å². The Morgan fingerprint density at radius 2 is 1.53 bits per heavy atom. The average molecular weight is 214 g/mol. The maximum atomic E-state index is 2.60. The Bertz CT molecular complexity index is 126. The van der Waals surface area contributed by atoms with Crippen LogP contribution in [0, 0.1) is 5.92 Å². The van der Waals surface area contributed by atoms with E-state index < -0.39 is 0 Å². The van der Waals surface area contributed by atoms with E-state index in [0.717, 1.165) is 5.92 Å². The van der Waals surface area contributed by atoms with Gasteiger partial charge in [0, 0.05) is 26.2 Å². The summed E-state index contributed by atoms with van der Waals surface area (Å²) in [5, 5.41) is 0. The van der Waals surface area contributed by atoms with E-state index in [2.05, 4.69) is 30.7 Å². The van der Waals surface area contributed by atoms with Gasteiger partial charge < -0.3 is 9.80 Å². The third-order valence-corrected chi connectivity index (χ3v) is 2.85. The molecule has 1 aliphatic rings. The summed E-state index contributed by atoms with van der Waals surface area (Å²) < 4.78 is 0. The molecule has 0 aromatic rings. The van der Waals surface area contributed by atoms with Crippen LogP contribution in [-0.4, -0.2) is 49.6 Å². The molecular weight excluding hydrogens is 184 g/mol. The Morgan fingerprint density at radius 3 is 2.00 bits per heavy atom. The van der Waals surface area contributed by atoms with Crippen molar-refractivity contribution >= 4 is 0 Å². The molecule has 92 valence electrons. The fourth-order valence-corrected chi connectivity index (χ4v) is 1.79. The van der Waals surface area contributed by atoms with E-state index in [1.807, 2.05) is 13.8 Å². The van der Waals surface area contributed by atoms with Gasteiger partial charge in [-0.05, 0) is 32.4 Å². The lowest BCUT2D eigenvalue weighted by Crippen LogP contribution is -2.44. The Balaban J connectivity index is 0.000000921. The zero-order valence-electron chi connectivity index (χ0n) is 11.4. The largest absolute Gasteiger partial charge is 0.304 e. The molecule has 15 heavy (non-hydrogen) atoms. The summed E-state index contributed by atoms with van der Waals surface area (Å²) in [6.45, 7) is 15.0. The molecule has 0 aliphatic carbocycles. The van der Waals surface area contributed by atoms with Gasteiger partial charge in [0.15, 0.2) is 0 Å². The molecule has 0 radical (unpaired) electrons. The molecule has 0 aromatic carbocycles. The summed E-state index contributed by atoms with van der Waals surface area (Å²) in [6, 6.07) is 0. The van der Waals surface area contributed by atoms with Crippen molar-refractivity contribution in [3.8, 4) is 0 Å². The first-order chi connectivity index (χ1) is 7.18. The van der Waals surface area contributed by atoms with Crippen LogP contribution in [0.4, 0.5) is 0 Å². The first-order valence-electron chi connectivity index (χ1n) is 6.59. The van der Waals surface area contributed by atoms with Gasteiger partial charge in [-0.1, -0.05) is 27.7 Å². The van der Waals surface area contributed by atoms with Gasteiger partial charge in [0.25, 0.3) is 0 Å². The fourth-order valence-electron chi connectivity index (χ4n) is 1.79. The maximum absolute atomic E-state index is 2.60. The zero-order valence-corrected chi connectivity index (χ0v) is 11.4. The van der Waals surface area contributed by atoms with E-state index in [0.29, 0.717) is 0 Å². The molecule has 1 saturated heterocycles. The smallest absolute Gasteiger partial charge is 0.0110 e. The summed E-state index contributed by atoms with van der Waals surface area (Å²) in [5.41, 5.74) is 0. The van der Waals surface area contributed by atoms with Crippen LogP contribution in [0.2, 0.25) is 0 Å². The zero-order chi connectivity index (χ0) is 11.7. The summed E-state index contributed by atoms with van der Waals surface area (Å²) in [7, 11) is 2.21. The second-order valence-electron chi connectivity index (χ2n) is 4.68. The van der Waals surface area contributed by atoms with Gasteiger partial charge in [0.2, 0.25) is 0 Å². The van der Waals surface area contributed by atoms with Crippen LogP contribution >= 0.6 is 0 Å². The van der Waals surface area contributed by atoms with E-state index in [4.69, 9.17) is 0 Å². The van der Waals surface area contributed by atoms with E-state index in [1.165, 1.54) is 45.6 Å². The van der Waals surface area contributed by atoms with Gasteiger partial charge in [0.1, 0.15) is 0 Å². The van der Waals surface area contributed by atoms with Gasteiger partial charge in [-0.3, -0.25) is 0 Å². The van der Waals surface area contributed by atoms with Crippen molar-refractivity contribution in [2.75, 3.05) is 39.8 Å². The molecule has 1 fully saturated rings. The molecule has 1 heterocycles. The minimum absolute atomic E-state index is 0.868. The second-order valence-corrected chi connectivity index (χ2v) is 4.68. The Labute approximate surface area is 96.6 Å². The molecule has 0 atom stereocenters. The van der Waals surface area contributed by atoms with Crippen molar-refractivity contribution in [3.05, 3.63) is 0 Å². The molecule has 1 rings (SSSR count). The lowest BCUT2D eigenvalue weighted by Gasteiger charge is -2.32. The third-order valence-electron chi connectivity index (χ3n) is 2.85. The average Bonchev–Trinajstić information content (AvgIpc) is 2.23. The highest BCUT2D eigenvalue weighted by atomic mass is 15.2. The fraction of sp³-hybridized carbons (Fsp3) is 1.00. The lowest BCUT2D eigenvalue weighted by atomic mass is 10.1. The number of nitrogens with zero attached hydrogens (tertiary/aromatic N) is 2. The van der Waals surface area contributed by atoms with E-state index >= 15 is 0 Å². The van der Waals surface area contributed by atoms with Crippen LogP contribution in [0.3, 0.4) is 0 Å². The minimum Gasteiger partial charge on any atom is -0.304 e. The summed E-state index contributed by atoms with van der Waals surface area (Å²) in [4.78, 5) is 5.02. The van der Waals surface area contributed by atoms with Gasteiger partial charge in [-0.25, -0.2) is 0 Å². The molecule has 0 amide bonds. The van der Waals surface area contributed by atoms with Gasteiger partial charge in [-0.15, -0.1) is 0 Å². The predicted octanol–water partition coefficient (Wildman–Crippen LogP) is 2.70. The molecule has 0 N–H and O–H groups in total. The second kappa shape index (κ2) is 9.17.